The summed E-state index contributed by atoms with van der Waals surface area (Å²) in [4.78, 5) is 2.06. The lowest BCUT2D eigenvalue weighted by Crippen LogP contribution is -2.40. The van der Waals surface area contributed by atoms with Crippen LogP contribution in [0.2, 0.25) is 0 Å². The third-order valence-electron chi connectivity index (χ3n) is 2.69. The molecule has 94 valence electrons. The molecule has 1 heterocycles. The first kappa shape index (κ1) is 13.6. The average Bonchev–Trinajstić information content (AvgIpc) is 2.72. The monoisotopic (exact) mass is 248 g/mol. The fourth-order valence-corrected chi connectivity index (χ4v) is 1.99. The fraction of sp³-hybridized carbons (Fsp3) is 0.900. The maximum Gasteiger partial charge on any atom is 0.169 e. The van der Waals surface area contributed by atoms with Crippen LogP contribution in [-0.2, 0) is 14.2 Å². The number of thiocarbonyl (C=S) groups is 1. The third-order valence-corrected chi connectivity index (χ3v) is 3.09. The van der Waals surface area contributed by atoms with E-state index in [1.807, 2.05) is 0 Å². The van der Waals surface area contributed by atoms with Crippen molar-refractivity contribution in [3.63, 3.8) is 0 Å². The van der Waals surface area contributed by atoms with Gasteiger partial charge in [0.1, 0.15) is 12.2 Å². The molecule has 0 aromatic carbocycles. The molecule has 1 N–H and O–H groups in total. The molecule has 0 bridgehead atoms. The van der Waals surface area contributed by atoms with Gasteiger partial charge in [0, 0.05) is 41.0 Å². The van der Waals surface area contributed by atoms with Crippen molar-refractivity contribution in [2.45, 2.75) is 12.2 Å². The van der Waals surface area contributed by atoms with Gasteiger partial charge in [-0.3, -0.25) is 0 Å². The van der Waals surface area contributed by atoms with E-state index in [9.17, 15) is 0 Å². The molecule has 1 fully saturated rings. The van der Waals surface area contributed by atoms with Gasteiger partial charge in [-0.2, -0.15) is 0 Å². The van der Waals surface area contributed by atoms with Gasteiger partial charge < -0.3 is 24.4 Å². The van der Waals surface area contributed by atoms with Gasteiger partial charge in [0.15, 0.2) is 5.11 Å². The van der Waals surface area contributed by atoms with Gasteiger partial charge in [0.05, 0.1) is 6.61 Å². The molecule has 0 aromatic heterocycles. The number of nitrogens with zero attached hydrogens (tertiary/aromatic N) is 1. The predicted molar refractivity (Wildman–Crippen MR) is 65.6 cm³/mol. The van der Waals surface area contributed by atoms with Crippen molar-refractivity contribution >= 4 is 17.3 Å². The first-order chi connectivity index (χ1) is 7.72. The number of nitrogens with one attached hydrogen (secondary N) is 1. The van der Waals surface area contributed by atoms with E-state index in [-0.39, 0.29) is 12.2 Å². The summed E-state index contributed by atoms with van der Waals surface area (Å²) in [6, 6.07) is 0. The van der Waals surface area contributed by atoms with Gasteiger partial charge in [-0.25, -0.2) is 0 Å². The first-order valence-electron chi connectivity index (χ1n) is 5.30. The highest BCUT2D eigenvalue weighted by Gasteiger charge is 2.33. The molecule has 5 nitrogen and oxygen atoms in total. The van der Waals surface area contributed by atoms with Crippen LogP contribution in [0.1, 0.15) is 0 Å². The Kier molecular flexibility index (Phi) is 5.97. The van der Waals surface area contributed by atoms with Gasteiger partial charge in [-0.15, -0.1) is 0 Å². The number of rotatable bonds is 5. The topological polar surface area (TPSA) is 43.0 Å². The van der Waals surface area contributed by atoms with Crippen LogP contribution in [0.3, 0.4) is 0 Å². The molecule has 0 spiro atoms. The zero-order chi connectivity index (χ0) is 12.0. The van der Waals surface area contributed by atoms with Crippen molar-refractivity contribution in [3.8, 4) is 0 Å². The van der Waals surface area contributed by atoms with Crippen molar-refractivity contribution in [1.29, 1.82) is 0 Å². The van der Waals surface area contributed by atoms with Crippen molar-refractivity contribution in [3.05, 3.63) is 0 Å². The Balaban J connectivity index is 2.35. The predicted octanol–water partition coefficient (Wildman–Crippen LogP) is -0.147. The summed E-state index contributed by atoms with van der Waals surface area (Å²) in [7, 11) is 5.06. The largest absolute Gasteiger partial charge is 0.383 e. The van der Waals surface area contributed by atoms with Crippen LogP contribution in [0.15, 0.2) is 0 Å². The fourth-order valence-electron chi connectivity index (χ4n) is 1.73. The van der Waals surface area contributed by atoms with Crippen LogP contribution >= 0.6 is 12.2 Å². The molecule has 1 aliphatic rings. The van der Waals surface area contributed by atoms with Crippen LogP contribution in [0.5, 0.6) is 0 Å². The van der Waals surface area contributed by atoms with Crippen LogP contribution in [0.4, 0.5) is 0 Å². The van der Waals surface area contributed by atoms with Crippen molar-refractivity contribution in [2.75, 3.05) is 47.6 Å². The van der Waals surface area contributed by atoms with Crippen molar-refractivity contribution < 1.29 is 14.2 Å². The zero-order valence-corrected chi connectivity index (χ0v) is 10.9. The number of ether oxygens (including phenoxy) is 3. The van der Waals surface area contributed by atoms with Crippen LogP contribution < -0.4 is 5.32 Å². The highest BCUT2D eigenvalue weighted by molar-refractivity contribution is 7.80. The van der Waals surface area contributed by atoms with Gasteiger partial charge in [-0.05, 0) is 12.2 Å². The number of methoxy groups -OCH3 is 3. The second-order valence-corrected chi connectivity index (χ2v) is 4.06. The summed E-state index contributed by atoms with van der Waals surface area (Å²) >= 11 is 5.28. The Labute approximate surface area is 102 Å². The van der Waals surface area contributed by atoms with Crippen LogP contribution in [0.25, 0.3) is 0 Å². The summed E-state index contributed by atoms with van der Waals surface area (Å²) in [5, 5.41) is 3.87. The lowest BCUT2D eigenvalue weighted by Gasteiger charge is -2.19. The van der Waals surface area contributed by atoms with Gasteiger partial charge in [0.25, 0.3) is 0 Å². The zero-order valence-electron chi connectivity index (χ0n) is 10.1. The molecule has 0 radical (unpaired) electrons. The second kappa shape index (κ2) is 7.01. The molecule has 2 unspecified atom stereocenters. The Bertz CT molecular complexity index is 216. The SMILES string of the molecule is COCCNC(=S)N1CC(OC)C(OC)C1. The van der Waals surface area contributed by atoms with E-state index in [1.54, 1.807) is 21.3 Å². The molecule has 0 aliphatic carbocycles. The number of likely N-dealkylation sites (tertiary alicyclic amines) is 1. The molecule has 1 aliphatic heterocycles. The molecular formula is C10H20N2O3S. The normalized spacial score (nSPS) is 24.8. The maximum absolute atomic E-state index is 5.34. The smallest absolute Gasteiger partial charge is 0.169 e. The summed E-state index contributed by atoms with van der Waals surface area (Å²) in [5.41, 5.74) is 0. The highest BCUT2D eigenvalue weighted by atomic mass is 32.1. The van der Waals surface area contributed by atoms with Crippen molar-refractivity contribution in [2.24, 2.45) is 0 Å². The molecule has 0 amide bonds. The lowest BCUT2D eigenvalue weighted by atomic mass is 10.3. The molecule has 2 atom stereocenters. The van der Waals surface area contributed by atoms with E-state index in [2.05, 4.69) is 10.2 Å². The number of hydrogen-bond acceptors (Lipinski definition) is 4. The molecular weight excluding hydrogens is 228 g/mol. The Morgan fingerprint density at radius 1 is 1.25 bits per heavy atom. The van der Waals surface area contributed by atoms with E-state index < -0.39 is 0 Å². The minimum Gasteiger partial charge on any atom is -0.383 e. The maximum atomic E-state index is 5.34. The molecule has 16 heavy (non-hydrogen) atoms. The molecule has 0 aromatic rings. The second-order valence-electron chi connectivity index (χ2n) is 3.68. The third kappa shape index (κ3) is 3.55. The Morgan fingerprint density at radius 3 is 2.25 bits per heavy atom. The quantitative estimate of drug-likeness (QED) is 0.539. The molecule has 1 rings (SSSR count). The highest BCUT2D eigenvalue weighted by Crippen LogP contribution is 2.15. The Hall–Kier alpha value is -0.430. The average molecular weight is 248 g/mol. The summed E-state index contributed by atoms with van der Waals surface area (Å²) in [5.74, 6) is 0. The van der Waals surface area contributed by atoms with Gasteiger partial charge >= 0.3 is 0 Å². The van der Waals surface area contributed by atoms with E-state index in [0.717, 1.165) is 24.7 Å². The molecule has 6 heteroatoms. The standard InChI is InChI=1S/C10H20N2O3S/c1-13-5-4-11-10(16)12-6-8(14-2)9(7-12)15-3/h8-9H,4-7H2,1-3H3,(H,11,16). The van der Waals surface area contributed by atoms with Crippen LogP contribution in [0, 0.1) is 0 Å². The first-order valence-corrected chi connectivity index (χ1v) is 5.71. The van der Waals surface area contributed by atoms with E-state index in [4.69, 9.17) is 26.4 Å². The van der Waals surface area contributed by atoms with Gasteiger partial charge in [-0.1, -0.05) is 0 Å². The lowest BCUT2D eigenvalue weighted by molar-refractivity contribution is -0.00461. The molecule has 1 saturated heterocycles. The molecule has 0 saturated carbocycles. The summed E-state index contributed by atoms with van der Waals surface area (Å²) < 4.78 is 15.6. The van der Waals surface area contributed by atoms with Gasteiger partial charge in [0.2, 0.25) is 0 Å². The minimum atomic E-state index is 0.0900. The van der Waals surface area contributed by atoms with Crippen LogP contribution in [-0.4, -0.2) is 69.8 Å². The minimum absolute atomic E-state index is 0.0900. The van der Waals surface area contributed by atoms with E-state index in [0.29, 0.717) is 6.61 Å². The summed E-state index contributed by atoms with van der Waals surface area (Å²) in [6.07, 6.45) is 0.180. The number of hydrogen-bond donors (Lipinski definition) is 1. The van der Waals surface area contributed by atoms with Crippen molar-refractivity contribution in [1.82, 2.24) is 10.2 Å². The van der Waals surface area contributed by atoms with E-state index in [1.165, 1.54) is 0 Å². The Morgan fingerprint density at radius 2 is 1.81 bits per heavy atom. The summed E-state index contributed by atoms with van der Waals surface area (Å²) in [6.45, 7) is 2.91. The van der Waals surface area contributed by atoms with E-state index >= 15 is 0 Å².